The number of fused-ring (bicyclic) bond motifs is 1. The minimum Gasteiger partial charge on any atom is -0.380 e. The van der Waals surface area contributed by atoms with Crippen LogP contribution >= 0.6 is 0 Å². The molecular weight excluding hydrogens is 208 g/mol. The fraction of sp³-hybridized carbons (Fsp3) is 0.250. The third-order valence-corrected chi connectivity index (χ3v) is 2.92. The van der Waals surface area contributed by atoms with Crippen molar-refractivity contribution in [3.8, 4) is 0 Å². The first-order valence-electron chi connectivity index (χ1n) is 5.85. The lowest BCUT2D eigenvalue weighted by Gasteiger charge is -2.12. The number of hydrogen-bond acceptors (Lipinski definition) is 1. The molecule has 0 radical (unpaired) electrons. The molecule has 0 amide bonds. The van der Waals surface area contributed by atoms with Crippen LogP contribution in [0.25, 0.3) is 10.8 Å². The SMILES string of the molecule is C=C(C)Cc1c(COC)ccc2ccccc12. The molecule has 0 aliphatic heterocycles. The highest BCUT2D eigenvalue weighted by Gasteiger charge is 2.07. The molecule has 0 atom stereocenters. The molecule has 0 saturated carbocycles. The zero-order valence-electron chi connectivity index (χ0n) is 10.5. The molecule has 17 heavy (non-hydrogen) atoms. The molecule has 2 aromatic rings. The maximum absolute atomic E-state index is 5.27. The fourth-order valence-electron chi connectivity index (χ4n) is 2.18. The van der Waals surface area contributed by atoms with E-state index in [-0.39, 0.29) is 0 Å². The van der Waals surface area contributed by atoms with E-state index >= 15 is 0 Å². The average Bonchev–Trinajstić information content (AvgIpc) is 2.32. The van der Waals surface area contributed by atoms with Crippen LogP contribution in [0.1, 0.15) is 18.1 Å². The van der Waals surface area contributed by atoms with E-state index in [0.717, 1.165) is 6.42 Å². The van der Waals surface area contributed by atoms with E-state index in [0.29, 0.717) is 6.61 Å². The lowest BCUT2D eigenvalue weighted by atomic mass is 9.95. The molecule has 88 valence electrons. The molecule has 1 nitrogen and oxygen atoms in total. The van der Waals surface area contributed by atoms with Crippen LogP contribution in [0.3, 0.4) is 0 Å². The first kappa shape index (κ1) is 11.9. The van der Waals surface area contributed by atoms with Gasteiger partial charge in [0, 0.05) is 7.11 Å². The van der Waals surface area contributed by atoms with Gasteiger partial charge >= 0.3 is 0 Å². The smallest absolute Gasteiger partial charge is 0.0716 e. The lowest BCUT2D eigenvalue weighted by Crippen LogP contribution is -1.98. The van der Waals surface area contributed by atoms with Crippen LogP contribution in [0.15, 0.2) is 48.6 Å². The number of hydrogen-bond donors (Lipinski definition) is 0. The zero-order chi connectivity index (χ0) is 12.3. The lowest BCUT2D eigenvalue weighted by molar-refractivity contribution is 0.184. The second kappa shape index (κ2) is 5.15. The molecule has 0 bridgehead atoms. The van der Waals surface area contributed by atoms with Gasteiger partial charge < -0.3 is 4.74 Å². The maximum atomic E-state index is 5.27. The van der Waals surface area contributed by atoms with Crippen molar-refractivity contribution in [2.24, 2.45) is 0 Å². The van der Waals surface area contributed by atoms with Crippen molar-refractivity contribution in [1.82, 2.24) is 0 Å². The summed E-state index contributed by atoms with van der Waals surface area (Å²) >= 11 is 0. The topological polar surface area (TPSA) is 9.23 Å². The van der Waals surface area contributed by atoms with Gasteiger partial charge in [-0.2, -0.15) is 0 Å². The minimum atomic E-state index is 0.660. The van der Waals surface area contributed by atoms with Gasteiger partial charge in [-0.1, -0.05) is 48.6 Å². The van der Waals surface area contributed by atoms with Crippen molar-refractivity contribution in [3.05, 3.63) is 59.7 Å². The summed E-state index contributed by atoms with van der Waals surface area (Å²) in [4.78, 5) is 0. The van der Waals surface area contributed by atoms with E-state index in [1.165, 1.54) is 27.5 Å². The quantitative estimate of drug-likeness (QED) is 0.713. The highest BCUT2D eigenvalue weighted by molar-refractivity contribution is 5.87. The Morgan fingerprint density at radius 3 is 2.65 bits per heavy atom. The summed E-state index contributed by atoms with van der Waals surface area (Å²) in [6, 6.07) is 12.8. The fourth-order valence-corrected chi connectivity index (χ4v) is 2.18. The molecule has 0 spiro atoms. The summed E-state index contributed by atoms with van der Waals surface area (Å²) in [7, 11) is 1.74. The van der Waals surface area contributed by atoms with Crippen molar-refractivity contribution >= 4 is 10.8 Å². The van der Waals surface area contributed by atoms with Crippen molar-refractivity contribution in [3.63, 3.8) is 0 Å². The molecule has 0 fully saturated rings. The third-order valence-electron chi connectivity index (χ3n) is 2.92. The van der Waals surface area contributed by atoms with Crippen molar-refractivity contribution in [1.29, 1.82) is 0 Å². The van der Waals surface area contributed by atoms with Crippen LogP contribution in [-0.4, -0.2) is 7.11 Å². The first-order valence-corrected chi connectivity index (χ1v) is 5.85. The van der Waals surface area contributed by atoms with Gasteiger partial charge in [-0.3, -0.25) is 0 Å². The number of methoxy groups -OCH3 is 1. The molecule has 1 heteroatoms. The number of rotatable bonds is 4. The van der Waals surface area contributed by atoms with E-state index < -0.39 is 0 Å². The van der Waals surface area contributed by atoms with E-state index in [2.05, 4.69) is 49.9 Å². The molecule has 2 aromatic carbocycles. The Morgan fingerprint density at radius 1 is 1.18 bits per heavy atom. The summed E-state index contributed by atoms with van der Waals surface area (Å²) in [6.07, 6.45) is 0.917. The Hall–Kier alpha value is -1.60. The summed E-state index contributed by atoms with van der Waals surface area (Å²) in [5.41, 5.74) is 3.78. The summed E-state index contributed by atoms with van der Waals surface area (Å²) in [5, 5.41) is 2.59. The number of ether oxygens (including phenoxy) is 1. The average molecular weight is 226 g/mol. The molecule has 0 aliphatic carbocycles. The van der Waals surface area contributed by atoms with Gasteiger partial charge in [0.05, 0.1) is 6.61 Å². The van der Waals surface area contributed by atoms with Gasteiger partial charge in [0.15, 0.2) is 0 Å². The zero-order valence-corrected chi connectivity index (χ0v) is 10.5. The Balaban J connectivity index is 2.61. The molecule has 0 aromatic heterocycles. The van der Waals surface area contributed by atoms with E-state index in [4.69, 9.17) is 4.74 Å². The van der Waals surface area contributed by atoms with Crippen LogP contribution in [0.2, 0.25) is 0 Å². The van der Waals surface area contributed by atoms with E-state index in [1.54, 1.807) is 7.11 Å². The van der Waals surface area contributed by atoms with Gasteiger partial charge in [-0.05, 0) is 35.2 Å². The van der Waals surface area contributed by atoms with E-state index in [9.17, 15) is 0 Å². The first-order chi connectivity index (χ1) is 8.22. The van der Waals surface area contributed by atoms with Gasteiger partial charge in [0.1, 0.15) is 0 Å². The summed E-state index contributed by atoms with van der Waals surface area (Å²) in [5.74, 6) is 0. The Labute approximate surface area is 103 Å². The summed E-state index contributed by atoms with van der Waals surface area (Å²) in [6.45, 7) is 6.75. The molecular formula is C16H18O. The molecule has 0 N–H and O–H groups in total. The minimum absolute atomic E-state index is 0.660. The second-order valence-electron chi connectivity index (χ2n) is 4.49. The summed E-state index contributed by atoms with van der Waals surface area (Å²) < 4.78 is 5.27. The highest BCUT2D eigenvalue weighted by atomic mass is 16.5. The van der Waals surface area contributed by atoms with Crippen LogP contribution in [0.5, 0.6) is 0 Å². The predicted octanol–water partition coefficient (Wildman–Crippen LogP) is 4.10. The van der Waals surface area contributed by atoms with Crippen molar-refractivity contribution < 1.29 is 4.74 Å². The molecule has 0 unspecified atom stereocenters. The van der Waals surface area contributed by atoms with Gasteiger partial charge in [0.25, 0.3) is 0 Å². The Bertz CT molecular complexity index is 540. The van der Waals surface area contributed by atoms with Crippen molar-refractivity contribution in [2.45, 2.75) is 20.0 Å². The van der Waals surface area contributed by atoms with E-state index in [1.807, 2.05) is 0 Å². The van der Waals surface area contributed by atoms with Gasteiger partial charge in [-0.15, -0.1) is 0 Å². The predicted molar refractivity (Wildman–Crippen MR) is 73.2 cm³/mol. The Kier molecular flexibility index (Phi) is 3.60. The molecule has 2 rings (SSSR count). The van der Waals surface area contributed by atoms with Crippen molar-refractivity contribution in [2.75, 3.05) is 7.11 Å². The Morgan fingerprint density at radius 2 is 1.94 bits per heavy atom. The second-order valence-corrected chi connectivity index (χ2v) is 4.49. The van der Waals surface area contributed by atoms with Crippen LogP contribution in [-0.2, 0) is 17.8 Å². The molecule has 0 aliphatic rings. The standard InChI is InChI=1S/C16H18O/c1-12(2)10-16-14(11-17-3)9-8-13-6-4-5-7-15(13)16/h4-9H,1,10-11H2,2-3H3. The number of benzene rings is 2. The molecule has 0 saturated heterocycles. The maximum Gasteiger partial charge on any atom is 0.0716 e. The van der Waals surface area contributed by atoms with Gasteiger partial charge in [0.2, 0.25) is 0 Å². The largest absolute Gasteiger partial charge is 0.380 e. The molecule has 0 heterocycles. The number of allylic oxidation sites excluding steroid dienone is 1. The third kappa shape index (κ3) is 2.56. The normalized spacial score (nSPS) is 10.7. The van der Waals surface area contributed by atoms with Crippen LogP contribution in [0, 0.1) is 0 Å². The monoisotopic (exact) mass is 226 g/mol. The highest BCUT2D eigenvalue weighted by Crippen LogP contribution is 2.25. The van der Waals surface area contributed by atoms with Gasteiger partial charge in [-0.25, -0.2) is 0 Å². The van der Waals surface area contributed by atoms with Crippen LogP contribution < -0.4 is 0 Å². The van der Waals surface area contributed by atoms with Crippen LogP contribution in [0.4, 0.5) is 0 Å².